The van der Waals surface area contributed by atoms with E-state index in [1.165, 1.54) is 23.7 Å². The van der Waals surface area contributed by atoms with Crippen molar-refractivity contribution in [2.24, 2.45) is 14.1 Å². The third-order valence-electron chi connectivity index (χ3n) is 7.83. The Bertz CT molecular complexity index is 1520. The molecular formula is C30H34N4O4. The van der Waals surface area contributed by atoms with E-state index in [9.17, 15) is 19.5 Å². The van der Waals surface area contributed by atoms with Crippen LogP contribution in [0.25, 0.3) is 5.57 Å². The minimum atomic E-state index is -0.910. The summed E-state index contributed by atoms with van der Waals surface area (Å²) in [7, 11) is 3.21. The molecule has 0 saturated carbocycles. The highest BCUT2D eigenvalue weighted by Gasteiger charge is 2.21. The molecule has 1 saturated heterocycles. The molecule has 2 heterocycles. The van der Waals surface area contributed by atoms with E-state index in [1.54, 1.807) is 23.7 Å². The zero-order valence-electron chi connectivity index (χ0n) is 22.0. The first kappa shape index (κ1) is 25.7. The molecule has 0 spiro atoms. The van der Waals surface area contributed by atoms with Gasteiger partial charge in [0.2, 0.25) is 0 Å². The molecule has 2 aliphatic rings. The van der Waals surface area contributed by atoms with Gasteiger partial charge in [-0.15, -0.1) is 0 Å². The molecule has 0 atom stereocenters. The number of aromatic nitrogens is 2. The summed E-state index contributed by atoms with van der Waals surface area (Å²) in [6, 6.07) is 15.5. The van der Waals surface area contributed by atoms with Crippen molar-refractivity contribution in [3.63, 3.8) is 0 Å². The van der Waals surface area contributed by atoms with Crippen molar-refractivity contribution in [3.8, 4) is 0 Å². The van der Waals surface area contributed by atoms with Crippen molar-refractivity contribution >= 4 is 17.4 Å². The first-order valence-electron chi connectivity index (χ1n) is 13.2. The van der Waals surface area contributed by atoms with E-state index in [1.807, 2.05) is 18.2 Å². The van der Waals surface area contributed by atoms with Crippen LogP contribution in [-0.4, -0.2) is 57.8 Å². The Kier molecular flexibility index (Phi) is 7.33. The van der Waals surface area contributed by atoms with Crippen molar-refractivity contribution in [1.82, 2.24) is 14.0 Å². The number of anilines is 1. The van der Waals surface area contributed by atoms with Gasteiger partial charge in [-0.05, 0) is 72.2 Å². The minimum absolute atomic E-state index is 0.286. The van der Waals surface area contributed by atoms with Gasteiger partial charge in [-0.25, -0.2) is 9.59 Å². The Morgan fingerprint density at radius 2 is 1.66 bits per heavy atom. The molecule has 8 nitrogen and oxygen atoms in total. The van der Waals surface area contributed by atoms with E-state index < -0.39 is 5.97 Å². The number of fused-ring (bicyclic) bond motifs is 2. The number of carbonyl (C=O) groups is 1. The van der Waals surface area contributed by atoms with E-state index in [-0.39, 0.29) is 11.2 Å². The van der Waals surface area contributed by atoms with E-state index in [2.05, 4.69) is 34.1 Å². The molecule has 1 N–H and O–H groups in total. The number of benzene rings is 2. The number of rotatable bonds is 5. The van der Waals surface area contributed by atoms with E-state index in [0.29, 0.717) is 11.4 Å². The molecule has 2 aromatic carbocycles. The summed E-state index contributed by atoms with van der Waals surface area (Å²) in [6.07, 6.45) is 5.86. The fourth-order valence-corrected chi connectivity index (χ4v) is 5.65. The Labute approximate surface area is 222 Å². The molecule has 5 rings (SSSR count). The molecule has 1 fully saturated rings. The average molecular weight is 515 g/mol. The Morgan fingerprint density at radius 3 is 2.45 bits per heavy atom. The SMILES string of the molecule is Cn1c(N2CCCN(CC/C=C3\c4ccccc4CCc4ccc(C(=O)O)cc43)CC2)cc(=O)n(C)c1=O. The summed E-state index contributed by atoms with van der Waals surface area (Å²) in [6.45, 7) is 4.18. The molecule has 0 unspecified atom stereocenters. The van der Waals surface area contributed by atoms with Crippen LogP contribution in [0, 0.1) is 0 Å². The second-order valence-corrected chi connectivity index (χ2v) is 10.2. The Balaban J connectivity index is 1.35. The molecule has 38 heavy (non-hydrogen) atoms. The fraction of sp³-hybridized carbons (Fsp3) is 0.367. The summed E-state index contributed by atoms with van der Waals surface area (Å²) >= 11 is 0. The Morgan fingerprint density at radius 1 is 0.895 bits per heavy atom. The lowest BCUT2D eigenvalue weighted by atomic mass is 9.92. The third-order valence-corrected chi connectivity index (χ3v) is 7.83. The second-order valence-electron chi connectivity index (χ2n) is 10.2. The molecule has 0 radical (unpaired) electrons. The van der Waals surface area contributed by atoms with Gasteiger partial charge in [0, 0.05) is 46.3 Å². The van der Waals surface area contributed by atoms with Crippen molar-refractivity contribution < 1.29 is 9.90 Å². The van der Waals surface area contributed by atoms with Crippen LogP contribution in [0.4, 0.5) is 5.82 Å². The van der Waals surface area contributed by atoms with Crippen LogP contribution in [0.1, 0.15) is 45.5 Å². The van der Waals surface area contributed by atoms with E-state index in [0.717, 1.165) is 74.1 Å². The van der Waals surface area contributed by atoms with Gasteiger partial charge in [0.25, 0.3) is 5.56 Å². The molecule has 1 aliphatic carbocycles. The monoisotopic (exact) mass is 514 g/mol. The summed E-state index contributed by atoms with van der Waals surface area (Å²) < 4.78 is 2.68. The lowest BCUT2D eigenvalue weighted by molar-refractivity contribution is 0.0697. The van der Waals surface area contributed by atoms with Crippen LogP contribution in [0.15, 0.2) is 64.2 Å². The standard InChI is InChI=1S/C30H34N4O4/c1-31-27(20-28(35)32(2)30(31)38)34-16-6-15-33(17-18-34)14-5-9-25-24-8-4-3-7-21(24)10-11-22-12-13-23(29(36)37)19-26(22)25/h3-4,7-9,12-13,19-20H,5-6,10-11,14-18H2,1-2H3,(H,36,37)/b25-9+. The maximum Gasteiger partial charge on any atom is 0.335 e. The summed E-state index contributed by atoms with van der Waals surface area (Å²) in [5.74, 6) is -0.240. The number of hydrogen-bond donors (Lipinski definition) is 1. The van der Waals surface area contributed by atoms with Crippen LogP contribution >= 0.6 is 0 Å². The molecule has 0 amide bonds. The van der Waals surface area contributed by atoms with Crippen molar-refractivity contribution in [1.29, 1.82) is 0 Å². The molecule has 1 aliphatic heterocycles. The molecule has 0 bridgehead atoms. The van der Waals surface area contributed by atoms with Crippen molar-refractivity contribution in [2.45, 2.75) is 25.7 Å². The first-order valence-corrected chi connectivity index (χ1v) is 13.2. The topological polar surface area (TPSA) is 87.8 Å². The van der Waals surface area contributed by atoms with Crippen LogP contribution in [0.2, 0.25) is 0 Å². The Hall–Kier alpha value is -3.91. The average Bonchev–Trinajstić information content (AvgIpc) is 3.24. The predicted molar refractivity (Wildman–Crippen MR) is 149 cm³/mol. The highest BCUT2D eigenvalue weighted by molar-refractivity contribution is 5.91. The van der Waals surface area contributed by atoms with Crippen molar-refractivity contribution in [2.75, 3.05) is 37.6 Å². The van der Waals surface area contributed by atoms with E-state index in [4.69, 9.17) is 0 Å². The smallest absolute Gasteiger partial charge is 0.335 e. The van der Waals surface area contributed by atoms with Gasteiger partial charge in [0.05, 0.1) is 5.56 Å². The van der Waals surface area contributed by atoms with Crippen molar-refractivity contribution in [3.05, 3.63) is 103 Å². The van der Waals surface area contributed by atoms with Gasteiger partial charge < -0.3 is 14.9 Å². The van der Waals surface area contributed by atoms with Gasteiger partial charge in [0.1, 0.15) is 5.82 Å². The quantitative estimate of drug-likeness (QED) is 0.564. The third kappa shape index (κ3) is 5.09. The zero-order chi connectivity index (χ0) is 26.8. The lowest BCUT2D eigenvalue weighted by Crippen LogP contribution is -2.41. The highest BCUT2D eigenvalue weighted by atomic mass is 16.4. The predicted octanol–water partition coefficient (Wildman–Crippen LogP) is 2.91. The minimum Gasteiger partial charge on any atom is -0.478 e. The molecular weight excluding hydrogens is 480 g/mol. The molecule has 3 aromatic rings. The van der Waals surface area contributed by atoms with Gasteiger partial charge >= 0.3 is 11.7 Å². The zero-order valence-corrected chi connectivity index (χ0v) is 22.0. The number of aromatic carboxylic acids is 1. The summed E-state index contributed by atoms with van der Waals surface area (Å²) in [5, 5.41) is 9.61. The molecule has 1 aromatic heterocycles. The number of carboxylic acids is 1. The largest absolute Gasteiger partial charge is 0.478 e. The number of nitrogens with zero attached hydrogens (tertiary/aromatic N) is 4. The highest BCUT2D eigenvalue weighted by Crippen LogP contribution is 2.34. The fourth-order valence-electron chi connectivity index (χ4n) is 5.65. The summed E-state index contributed by atoms with van der Waals surface area (Å²) in [4.78, 5) is 40.9. The maximum absolute atomic E-state index is 12.4. The van der Waals surface area contributed by atoms with Crippen LogP contribution in [0.5, 0.6) is 0 Å². The maximum atomic E-state index is 12.4. The van der Waals surface area contributed by atoms with Crippen LogP contribution in [-0.2, 0) is 26.9 Å². The van der Waals surface area contributed by atoms with Gasteiger partial charge in [-0.2, -0.15) is 0 Å². The van der Waals surface area contributed by atoms with Gasteiger partial charge in [-0.1, -0.05) is 36.4 Å². The second kappa shape index (κ2) is 10.8. The summed E-state index contributed by atoms with van der Waals surface area (Å²) in [5.41, 5.74) is 5.50. The van der Waals surface area contributed by atoms with Crippen LogP contribution < -0.4 is 16.1 Å². The normalized spacial score (nSPS) is 17.0. The molecule has 8 heteroatoms. The van der Waals surface area contributed by atoms with Gasteiger partial charge in [-0.3, -0.25) is 13.9 Å². The van der Waals surface area contributed by atoms with E-state index >= 15 is 0 Å². The number of carboxylic acid groups (broad SMARTS) is 1. The van der Waals surface area contributed by atoms with Crippen LogP contribution in [0.3, 0.4) is 0 Å². The number of aryl methyl sites for hydroxylation is 2. The first-order chi connectivity index (χ1) is 18.3. The van der Waals surface area contributed by atoms with Gasteiger partial charge in [0.15, 0.2) is 0 Å². The lowest BCUT2D eigenvalue weighted by Gasteiger charge is -2.25. The molecule has 198 valence electrons. The number of hydrogen-bond acceptors (Lipinski definition) is 5.